The molecular weight excluding hydrogens is 318 g/mol. The van der Waals surface area contributed by atoms with Crippen LogP contribution in [0.3, 0.4) is 0 Å². The second-order valence-electron chi connectivity index (χ2n) is 5.26. The number of ether oxygens (including phenoxy) is 1. The Bertz CT molecular complexity index is 590. The Morgan fingerprint density at radius 2 is 2.15 bits per heavy atom. The van der Waals surface area contributed by atoms with Crippen LogP contribution in [0, 0.1) is 0 Å². The molecule has 0 unspecified atom stereocenters. The monoisotopic (exact) mass is 337 g/mol. The van der Waals surface area contributed by atoms with Crippen LogP contribution >= 0.6 is 15.9 Å². The first-order chi connectivity index (χ1) is 9.78. The highest BCUT2D eigenvalue weighted by molar-refractivity contribution is 9.10. The molecule has 0 aliphatic carbocycles. The van der Waals surface area contributed by atoms with Crippen LogP contribution in [0.15, 0.2) is 23.1 Å². The molecule has 1 aliphatic heterocycles. The highest BCUT2D eigenvalue weighted by Crippen LogP contribution is 2.25. The van der Waals surface area contributed by atoms with Gasteiger partial charge in [-0.1, -0.05) is 6.92 Å². The summed E-state index contributed by atoms with van der Waals surface area (Å²) in [5.74, 6) is 0. The molecule has 0 saturated carbocycles. The molecule has 0 aromatic carbocycles. The Balaban J connectivity index is 1.93. The second kappa shape index (κ2) is 6.24. The molecule has 0 spiro atoms. The lowest BCUT2D eigenvalue weighted by atomic mass is 10.2. The lowest BCUT2D eigenvalue weighted by Gasteiger charge is -2.26. The van der Waals surface area contributed by atoms with Crippen molar-refractivity contribution in [2.24, 2.45) is 0 Å². The molecule has 1 aliphatic rings. The van der Waals surface area contributed by atoms with Crippen molar-refractivity contribution in [2.45, 2.75) is 26.4 Å². The third-order valence-corrected chi connectivity index (χ3v) is 4.21. The first-order valence-electron chi connectivity index (χ1n) is 7.21. The number of nitrogens with zero attached hydrogens (tertiary/aromatic N) is 3. The average molecular weight is 338 g/mol. The number of fused-ring (bicyclic) bond motifs is 1. The number of aromatic nitrogens is 2. The number of hydrogen-bond donors (Lipinski definition) is 0. The van der Waals surface area contributed by atoms with Crippen LogP contribution in [0.1, 0.15) is 18.9 Å². The maximum absolute atomic E-state index is 5.42. The van der Waals surface area contributed by atoms with Crippen molar-refractivity contribution in [1.29, 1.82) is 0 Å². The van der Waals surface area contributed by atoms with Gasteiger partial charge in [0.1, 0.15) is 4.60 Å². The van der Waals surface area contributed by atoms with Crippen molar-refractivity contribution in [1.82, 2.24) is 14.5 Å². The Hall–Kier alpha value is -0.910. The number of pyridine rings is 1. The van der Waals surface area contributed by atoms with E-state index in [4.69, 9.17) is 4.74 Å². The third-order valence-electron chi connectivity index (χ3n) is 3.78. The van der Waals surface area contributed by atoms with Gasteiger partial charge in [0, 0.05) is 37.8 Å². The van der Waals surface area contributed by atoms with E-state index < -0.39 is 0 Å². The molecule has 2 aromatic rings. The molecule has 20 heavy (non-hydrogen) atoms. The van der Waals surface area contributed by atoms with Gasteiger partial charge in [0.15, 0.2) is 0 Å². The second-order valence-corrected chi connectivity index (χ2v) is 6.07. The zero-order valence-corrected chi connectivity index (χ0v) is 13.4. The molecule has 0 amide bonds. The van der Waals surface area contributed by atoms with E-state index >= 15 is 0 Å². The maximum atomic E-state index is 5.42. The Kier molecular flexibility index (Phi) is 4.38. The third kappa shape index (κ3) is 2.90. The predicted molar refractivity (Wildman–Crippen MR) is 83.8 cm³/mol. The minimum Gasteiger partial charge on any atom is -0.379 e. The van der Waals surface area contributed by atoms with Gasteiger partial charge in [0.2, 0.25) is 0 Å². The van der Waals surface area contributed by atoms with Crippen molar-refractivity contribution in [3.05, 3.63) is 28.6 Å². The molecule has 2 aromatic heterocycles. The van der Waals surface area contributed by atoms with Crippen LogP contribution in [-0.4, -0.2) is 40.8 Å². The van der Waals surface area contributed by atoms with E-state index in [0.29, 0.717) is 0 Å². The normalized spacial score (nSPS) is 16.9. The number of halogens is 1. The quantitative estimate of drug-likeness (QED) is 0.803. The minimum atomic E-state index is 0.846. The molecule has 0 N–H and O–H groups in total. The number of morpholine rings is 1. The zero-order chi connectivity index (χ0) is 13.9. The van der Waals surface area contributed by atoms with Crippen molar-refractivity contribution in [3.63, 3.8) is 0 Å². The fourth-order valence-electron chi connectivity index (χ4n) is 2.79. The Morgan fingerprint density at radius 3 is 2.90 bits per heavy atom. The first kappa shape index (κ1) is 14.0. The van der Waals surface area contributed by atoms with E-state index in [1.54, 1.807) is 0 Å². The molecule has 108 valence electrons. The predicted octanol–water partition coefficient (Wildman–Crippen LogP) is 3.04. The minimum absolute atomic E-state index is 0.846. The summed E-state index contributed by atoms with van der Waals surface area (Å²) in [7, 11) is 0. The van der Waals surface area contributed by atoms with E-state index in [-0.39, 0.29) is 0 Å². The van der Waals surface area contributed by atoms with E-state index in [9.17, 15) is 0 Å². The molecule has 3 rings (SSSR count). The van der Waals surface area contributed by atoms with E-state index in [2.05, 4.69) is 49.6 Å². The summed E-state index contributed by atoms with van der Waals surface area (Å²) in [6.45, 7) is 7.98. The summed E-state index contributed by atoms with van der Waals surface area (Å²) in [6.07, 6.45) is 5.40. The van der Waals surface area contributed by atoms with Gasteiger partial charge in [-0.15, -0.1) is 0 Å². The molecule has 0 atom stereocenters. The van der Waals surface area contributed by atoms with Crippen molar-refractivity contribution in [3.8, 4) is 0 Å². The summed E-state index contributed by atoms with van der Waals surface area (Å²) in [6, 6.07) is 2.14. The summed E-state index contributed by atoms with van der Waals surface area (Å²) >= 11 is 3.49. The smallest absolute Gasteiger partial charge is 0.106 e. The summed E-state index contributed by atoms with van der Waals surface area (Å²) < 4.78 is 8.65. The van der Waals surface area contributed by atoms with E-state index in [0.717, 1.165) is 50.4 Å². The summed E-state index contributed by atoms with van der Waals surface area (Å²) in [5.41, 5.74) is 2.62. The van der Waals surface area contributed by atoms with Gasteiger partial charge >= 0.3 is 0 Å². The average Bonchev–Trinajstić information content (AvgIpc) is 2.78. The molecular formula is C15H20BrN3O. The van der Waals surface area contributed by atoms with Gasteiger partial charge in [0.25, 0.3) is 0 Å². The van der Waals surface area contributed by atoms with Crippen molar-refractivity contribution in [2.75, 3.05) is 26.3 Å². The Labute approximate surface area is 127 Å². The standard InChI is InChI=1S/C15H20BrN3O/c1-2-3-19-11-12(10-18-4-6-20-7-5-18)13-8-15(16)17-9-14(13)19/h8-9,11H,2-7,10H2,1H3. The SMILES string of the molecule is CCCn1cc(CN2CCOCC2)c2cc(Br)ncc21. The van der Waals surface area contributed by atoms with Crippen LogP contribution in [0.5, 0.6) is 0 Å². The molecule has 4 nitrogen and oxygen atoms in total. The number of aryl methyl sites for hydroxylation is 1. The highest BCUT2D eigenvalue weighted by Gasteiger charge is 2.15. The van der Waals surface area contributed by atoms with Gasteiger partial charge in [-0.25, -0.2) is 4.98 Å². The number of rotatable bonds is 4. The molecule has 3 heterocycles. The largest absolute Gasteiger partial charge is 0.379 e. The van der Waals surface area contributed by atoms with E-state index in [1.165, 1.54) is 16.5 Å². The molecule has 1 fully saturated rings. The molecule has 0 radical (unpaired) electrons. The zero-order valence-electron chi connectivity index (χ0n) is 11.8. The fourth-order valence-corrected chi connectivity index (χ4v) is 3.12. The van der Waals surface area contributed by atoms with Crippen molar-refractivity contribution < 1.29 is 4.74 Å². The van der Waals surface area contributed by atoms with Gasteiger partial charge in [0.05, 0.1) is 24.9 Å². The van der Waals surface area contributed by atoms with Crippen LogP contribution in [-0.2, 0) is 17.8 Å². The summed E-state index contributed by atoms with van der Waals surface area (Å²) in [4.78, 5) is 6.83. The number of hydrogen-bond acceptors (Lipinski definition) is 3. The fraction of sp³-hybridized carbons (Fsp3) is 0.533. The van der Waals surface area contributed by atoms with Crippen LogP contribution in [0.25, 0.3) is 10.9 Å². The Morgan fingerprint density at radius 1 is 1.35 bits per heavy atom. The molecule has 5 heteroatoms. The van der Waals surface area contributed by atoms with Crippen LogP contribution in [0.2, 0.25) is 0 Å². The first-order valence-corrected chi connectivity index (χ1v) is 8.00. The highest BCUT2D eigenvalue weighted by atomic mass is 79.9. The molecule has 0 bridgehead atoms. The topological polar surface area (TPSA) is 30.3 Å². The van der Waals surface area contributed by atoms with Crippen molar-refractivity contribution >= 4 is 26.8 Å². The lowest BCUT2D eigenvalue weighted by molar-refractivity contribution is 0.0343. The lowest BCUT2D eigenvalue weighted by Crippen LogP contribution is -2.35. The molecule has 1 saturated heterocycles. The van der Waals surface area contributed by atoms with E-state index in [1.807, 2.05) is 6.20 Å². The maximum Gasteiger partial charge on any atom is 0.106 e. The van der Waals surface area contributed by atoms with Gasteiger partial charge < -0.3 is 9.30 Å². The van der Waals surface area contributed by atoms with Crippen LogP contribution < -0.4 is 0 Å². The van der Waals surface area contributed by atoms with Gasteiger partial charge in [-0.3, -0.25) is 4.90 Å². The van der Waals surface area contributed by atoms with Crippen LogP contribution in [0.4, 0.5) is 0 Å². The summed E-state index contributed by atoms with van der Waals surface area (Å²) in [5, 5.41) is 1.31. The van der Waals surface area contributed by atoms with Gasteiger partial charge in [-0.05, 0) is 34.0 Å². The van der Waals surface area contributed by atoms with Gasteiger partial charge in [-0.2, -0.15) is 0 Å².